The van der Waals surface area contributed by atoms with Crippen molar-refractivity contribution in [3.8, 4) is 5.75 Å². The van der Waals surface area contributed by atoms with E-state index < -0.39 is 0 Å². The molecule has 26 heavy (non-hydrogen) atoms. The Morgan fingerprint density at radius 3 is 2.62 bits per heavy atom. The normalized spacial score (nSPS) is 16.5. The standard InChI is InChI=1S/C20H24N4O2/c1-14-21-16-7-5-6-15(16)19(22-14)20(25)24-12-10-23(11-13-24)17-8-3-4-9-18(17)26-2/h3-4,8-9H,5-7,10-13H2,1-2H3. The van der Waals surface area contributed by atoms with Crippen LogP contribution in [0, 0.1) is 6.92 Å². The van der Waals surface area contributed by atoms with Crippen molar-refractivity contribution in [2.24, 2.45) is 0 Å². The quantitative estimate of drug-likeness (QED) is 0.848. The van der Waals surface area contributed by atoms with E-state index in [-0.39, 0.29) is 5.91 Å². The van der Waals surface area contributed by atoms with E-state index in [1.165, 1.54) is 0 Å². The second-order valence-electron chi connectivity index (χ2n) is 6.85. The van der Waals surface area contributed by atoms with Crippen LogP contribution in [-0.4, -0.2) is 54.1 Å². The van der Waals surface area contributed by atoms with Crippen molar-refractivity contribution < 1.29 is 9.53 Å². The summed E-state index contributed by atoms with van der Waals surface area (Å²) in [5, 5.41) is 0. The van der Waals surface area contributed by atoms with Gasteiger partial charge in [-0.25, -0.2) is 9.97 Å². The highest BCUT2D eigenvalue weighted by Gasteiger charge is 2.29. The number of piperazine rings is 1. The van der Waals surface area contributed by atoms with Crippen LogP contribution in [0.25, 0.3) is 0 Å². The molecule has 1 fully saturated rings. The Labute approximate surface area is 153 Å². The summed E-state index contributed by atoms with van der Waals surface area (Å²) in [5.41, 5.74) is 3.83. The number of fused-ring (bicyclic) bond motifs is 1. The number of para-hydroxylation sites is 2. The third-order valence-corrected chi connectivity index (χ3v) is 5.24. The topological polar surface area (TPSA) is 58.6 Å². The fourth-order valence-corrected chi connectivity index (χ4v) is 3.92. The Morgan fingerprint density at radius 1 is 1.08 bits per heavy atom. The molecule has 1 saturated heterocycles. The SMILES string of the molecule is COc1ccccc1N1CCN(C(=O)c2nc(C)nc3c2CCC3)CC1. The van der Waals surface area contributed by atoms with E-state index in [1.54, 1.807) is 7.11 Å². The van der Waals surface area contributed by atoms with Gasteiger partial charge in [0.2, 0.25) is 0 Å². The predicted molar refractivity (Wildman–Crippen MR) is 99.9 cm³/mol. The zero-order valence-electron chi connectivity index (χ0n) is 15.4. The summed E-state index contributed by atoms with van der Waals surface area (Å²) in [7, 11) is 1.69. The molecule has 1 aromatic heterocycles. The first-order valence-corrected chi connectivity index (χ1v) is 9.21. The minimum Gasteiger partial charge on any atom is -0.495 e. The lowest BCUT2D eigenvalue weighted by Crippen LogP contribution is -2.49. The number of rotatable bonds is 3. The molecule has 6 heteroatoms. The van der Waals surface area contributed by atoms with Crippen molar-refractivity contribution in [3.63, 3.8) is 0 Å². The number of hydrogen-bond donors (Lipinski definition) is 0. The number of anilines is 1. The third-order valence-electron chi connectivity index (χ3n) is 5.24. The van der Waals surface area contributed by atoms with Gasteiger partial charge >= 0.3 is 0 Å². The molecule has 1 aliphatic heterocycles. The molecular formula is C20H24N4O2. The number of aromatic nitrogens is 2. The summed E-state index contributed by atoms with van der Waals surface area (Å²) in [6.07, 6.45) is 2.94. The average Bonchev–Trinajstić information content (AvgIpc) is 3.15. The van der Waals surface area contributed by atoms with E-state index in [9.17, 15) is 4.79 Å². The van der Waals surface area contributed by atoms with Gasteiger partial charge in [-0.05, 0) is 38.3 Å². The van der Waals surface area contributed by atoms with Gasteiger partial charge in [0.05, 0.1) is 12.8 Å². The molecule has 2 heterocycles. The van der Waals surface area contributed by atoms with Gasteiger partial charge in [-0.3, -0.25) is 4.79 Å². The highest BCUT2D eigenvalue weighted by Crippen LogP contribution is 2.29. The maximum absolute atomic E-state index is 13.1. The summed E-state index contributed by atoms with van der Waals surface area (Å²) in [4.78, 5) is 26.3. The van der Waals surface area contributed by atoms with E-state index in [0.29, 0.717) is 24.6 Å². The number of nitrogens with zero attached hydrogens (tertiary/aromatic N) is 4. The van der Waals surface area contributed by atoms with Gasteiger partial charge in [0.15, 0.2) is 0 Å². The first-order valence-electron chi connectivity index (χ1n) is 9.21. The largest absolute Gasteiger partial charge is 0.495 e. The smallest absolute Gasteiger partial charge is 0.273 e. The second-order valence-corrected chi connectivity index (χ2v) is 6.85. The van der Waals surface area contributed by atoms with Crippen molar-refractivity contribution in [3.05, 3.63) is 47.0 Å². The Morgan fingerprint density at radius 2 is 1.85 bits per heavy atom. The van der Waals surface area contributed by atoms with Crippen LogP contribution in [0.1, 0.15) is 34.0 Å². The van der Waals surface area contributed by atoms with Crippen LogP contribution >= 0.6 is 0 Å². The van der Waals surface area contributed by atoms with Crippen LogP contribution in [0.5, 0.6) is 5.75 Å². The van der Waals surface area contributed by atoms with Gasteiger partial charge in [0.25, 0.3) is 5.91 Å². The molecule has 1 aromatic carbocycles. The molecule has 2 aliphatic rings. The summed E-state index contributed by atoms with van der Waals surface area (Å²) in [6.45, 7) is 4.83. The van der Waals surface area contributed by atoms with Gasteiger partial charge in [0.1, 0.15) is 17.3 Å². The van der Waals surface area contributed by atoms with Crippen LogP contribution in [0.4, 0.5) is 5.69 Å². The highest BCUT2D eigenvalue weighted by molar-refractivity contribution is 5.94. The summed E-state index contributed by atoms with van der Waals surface area (Å²) in [5.74, 6) is 1.62. The van der Waals surface area contributed by atoms with E-state index in [1.807, 2.05) is 30.0 Å². The molecule has 0 bridgehead atoms. The predicted octanol–water partition coefficient (Wildman–Crippen LogP) is 2.24. The first-order chi connectivity index (χ1) is 12.7. The van der Waals surface area contributed by atoms with Gasteiger partial charge < -0.3 is 14.5 Å². The van der Waals surface area contributed by atoms with Crippen molar-refractivity contribution in [1.82, 2.24) is 14.9 Å². The number of carbonyl (C=O) groups is 1. The second kappa shape index (κ2) is 6.94. The molecule has 0 saturated carbocycles. The monoisotopic (exact) mass is 352 g/mol. The minimum absolute atomic E-state index is 0.0494. The van der Waals surface area contributed by atoms with Crippen LogP contribution in [-0.2, 0) is 12.8 Å². The number of methoxy groups -OCH3 is 1. The zero-order chi connectivity index (χ0) is 18.1. The average molecular weight is 352 g/mol. The molecule has 1 amide bonds. The molecule has 0 spiro atoms. The third kappa shape index (κ3) is 3.00. The molecular weight excluding hydrogens is 328 g/mol. The fraction of sp³-hybridized carbons (Fsp3) is 0.450. The van der Waals surface area contributed by atoms with Crippen LogP contribution < -0.4 is 9.64 Å². The fourth-order valence-electron chi connectivity index (χ4n) is 3.92. The lowest BCUT2D eigenvalue weighted by molar-refractivity contribution is 0.0739. The van der Waals surface area contributed by atoms with Crippen molar-refractivity contribution in [2.45, 2.75) is 26.2 Å². The molecule has 0 N–H and O–H groups in total. The number of aryl methyl sites for hydroxylation is 2. The lowest BCUT2D eigenvalue weighted by atomic mass is 10.1. The number of hydrogen-bond acceptors (Lipinski definition) is 5. The summed E-state index contributed by atoms with van der Waals surface area (Å²) < 4.78 is 5.47. The molecule has 2 aromatic rings. The van der Waals surface area contributed by atoms with Gasteiger partial charge in [0, 0.05) is 37.4 Å². The van der Waals surface area contributed by atoms with Crippen molar-refractivity contribution in [1.29, 1.82) is 0 Å². The Bertz CT molecular complexity index is 829. The van der Waals surface area contributed by atoms with E-state index in [0.717, 1.165) is 55.0 Å². The van der Waals surface area contributed by atoms with Crippen LogP contribution in [0.3, 0.4) is 0 Å². The number of benzene rings is 1. The highest BCUT2D eigenvalue weighted by atomic mass is 16.5. The molecule has 0 atom stereocenters. The lowest BCUT2D eigenvalue weighted by Gasteiger charge is -2.36. The first kappa shape index (κ1) is 16.8. The van der Waals surface area contributed by atoms with Crippen LogP contribution in [0.2, 0.25) is 0 Å². The maximum atomic E-state index is 13.1. The van der Waals surface area contributed by atoms with Gasteiger partial charge in [-0.1, -0.05) is 12.1 Å². The minimum atomic E-state index is 0.0494. The van der Waals surface area contributed by atoms with E-state index in [2.05, 4.69) is 20.9 Å². The Hall–Kier alpha value is -2.63. The van der Waals surface area contributed by atoms with E-state index in [4.69, 9.17) is 4.74 Å². The zero-order valence-corrected chi connectivity index (χ0v) is 15.4. The number of carbonyl (C=O) groups excluding carboxylic acids is 1. The van der Waals surface area contributed by atoms with Crippen LogP contribution in [0.15, 0.2) is 24.3 Å². The van der Waals surface area contributed by atoms with Crippen molar-refractivity contribution >= 4 is 11.6 Å². The molecule has 0 radical (unpaired) electrons. The van der Waals surface area contributed by atoms with Crippen molar-refractivity contribution in [2.75, 3.05) is 38.2 Å². The Kier molecular flexibility index (Phi) is 4.49. The maximum Gasteiger partial charge on any atom is 0.273 e. The van der Waals surface area contributed by atoms with E-state index >= 15 is 0 Å². The molecule has 136 valence electrons. The molecule has 4 rings (SSSR count). The molecule has 6 nitrogen and oxygen atoms in total. The number of ether oxygens (including phenoxy) is 1. The summed E-state index contributed by atoms with van der Waals surface area (Å²) >= 11 is 0. The molecule has 0 unspecified atom stereocenters. The number of amides is 1. The Balaban J connectivity index is 1.50. The summed E-state index contributed by atoms with van der Waals surface area (Å²) in [6, 6.07) is 8.03. The molecule has 1 aliphatic carbocycles. The van der Waals surface area contributed by atoms with Gasteiger partial charge in [-0.2, -0.15) is 0 Å². The van der Waals surface area contributed by atoms with Gasteiger partial charge in [-0.15, -0.1) is 0 Å².